The van der Waals surface area contributed by atoms with Crippen LogP contribution >= 0.6 is 15.9 Å². The third-order valence-corrected chi connectivity index (χ3v) is 5.64. The Morgan fingerprint density at radius 2 is 1.77 bits per heavy atom. The SMILES string of the molecule is O=C(/C=C/c1cc(OCc2ccccc2)ccc1Br)N1C(=O)OC[C@H]1c1ccccc1. The van der Waals surface area contributed by atoms with Crippen LogP contribution in [-0.4, -0.2) is 23.5 Å². The van der Waals surface area contributed by atoms with Crippen LogP contribution in [-0.2, 0) is 16.1 Å². The first-order chi connectivity index (χ1) is 15.1. The van der Waals surface area contributed by atoms with Gasteiger partial charge in [0.2, 0.25) is 0 Å². The van der Waals surface area contributed by atoms with E-state index in [0.717, 1.165) is 26.1 Å². The van der Waals surface area contributed by atoms with E-state index < -0.39 is 18.0 Å². The van der Waals surface area contributed by atoms with Crippen LogP contribution in [0.4, 0.5) is 4.79 Å². The second-order valence-corrected chi connectivity index (χ2v) is 7.86. The third-order valence-electron chi connectivity index (χ3n) is 4.92. The number of nitrogens with zero attached hydrogens (tertiary/aromatic N) is 1. The van der Waals surface area contributed by atoms with Crippen molar-refractivity contribution in [2.24, 2.45) is 0 Å². The lowest BCUT2D eigenvalue weighted by Crippen LogP contribution is -2.32. The fourth-order valence-corrected chi connectivity index (χ4v) is 3.69. The van der Waals surface area contributed by atoms with Gasteiger partial charge in [0.1, 0.15) is 25.0 Å². The second kappa shape index (κ2) is 9.62. The lowest BCUT2D eigenvalue weighted by molar-refractivity contribution is -0.124. The van der Waals surface area contributed by atoms with Crippen molar-refractivity contribution < 1.29 is 19.1 Å². The molecule has 1 heterocycles. The Morgan fingerprint density at radius 1 is 1.06 bits per heavy atom. The van der Waals surface area contributed by atoms with E-state index in [2.05, 4.69) is 15.9 Å². The first-order valence-corrected chi connectivity index (χ1v) is 10.6. The minimum atomic E-state index is -0.637. The summed E-state index contributed by atoms with van der Waals surface area (Å²) >= 11 is 3.50. The van der Waals surface area contributed by atoms with Crippen LogP contribution in [0.2, 0.25) is 0 Å². The van der Waals surface area contributed by atoms with E-state index in [1.165, 1.54) is 6.08 Å². The largest absolute Gasteiger partial charge is 0.489 e. The molecule has 1 fully saturated rings. The fourth-order valence-electron chi connectivity index (χ4n) is 3.31. The van der Waals surface area contributed by atoms with Crippen LogP contribution in [0.1, 0.15) is 22.7 Å². The Kier molecular flexibility index (Phi) is 6.48. The predicted molar refractivity (Wildman–Crippen MR) is 121 cm³/mol. The summed E-state index contributed by atoms with van der Waals surface area (Å²) in [6.45, 7) is 0.595. The number of hydrogen-bond donors (Lipinski definition) is 0. The molecular weight excluding hydrogens is 458 g/mol. The van der Waals surface area contributed by atoms with Crippen molar-refractivity contribution in [2.45, 2.75) is 12.6 Å². The van der Waals surface area contributed by atoms with E-state index in [1.807, 2.05) is 78.9 Å². The molecule has 0 radical (unpaired) electrons. The van der Waals surface area contributed by atoms with E-state index in [1.54, 1.807) is 6.08 Å². The molecule has 1 aliphatic rings. The summed E-state index contributed by atoms with van der Waals surface area (Å²) in [7, 11) is 0. The van der Waals surface area contributed by atoms with Gasteiger partial charge >= 0.3 is 6.09 Å². The molecule has 0 N–H and O–H groups in total. The number of carbonyl (C=O) groups excluding carboxylic acids is 2. The van der Waals surface area contributed by atoms with E-state index in [4.69, 9.17) is 9.47 Å². The molecule has 1 atom stereocenters. The van der Waals surface area contributed by atoms with Gasteiger partial charge in [-0.2, -0.15) is 0 Å². The number of rotatable bonds is 6. The number of cyclic esters (lactones) is 1. The summed E-state index contributed by atoms with van der Waals surface area (Å²) in [5.74, 6) is 0.251. The quantitative estimate of drug-likeness (QED) is 0.423. The minimum Gasteiger partial charge on any atom is -0.489 e. The van der Waals surface area contributed by atoms with Gasteiger partial charge in [0, 0.05) is 10.5 Å². The summed E-state index contributed by atoms with van der Waals surface area (Å²) in [4.78, 5) is 26.1. The average Bonchev–Trinajstić information content (AvgIpc) is 3.20. The molecule has 156 valence electrons. The molecule has 4 rings (SSSR count). The van der Waals surface area contributed by atoms with Crippen molar-refractivity contribution in [1.29, 1.82) is 0 Å². The Balaban J connectivity index is 1.48. The van der Waals surface area contributed by atoms with E-state index >= 15 is 0 Å². The third kappa shape index (κ3) is 5.03. The molecule has 31 heavy (non-hydrogen) atoms. The molecular formula is C25H20BrNO4. The van der Waals surface area contributed by atoms with Crippen LogP contribution in [0.3, 0.4) is 0 Å². The molecule has 6 heteroatoms. The first kappa shape index (κ1) is 20.9. The van der Waals surface area contributed by atoms with Crippen LogP contribution in [0.25, 0.3) is 6.08 Å². The Morgan fingerprint density at radius 3 is 2.52 bits per heavy atom. The molecule has 0 unspecified atom stereocenters. The van der Waals surface area contributed by atoms with Crippen molar-refractivity contribution in [3.05, 3.63) is 106 Å². The topological polar surface area (TPSA) is 55.8 Å². The Bertz CT molecular complexity index is 1100. The molecule has 0 aliphatic carbocycles. The Labute approximate surface area is 189 Å². The molecule has 3 aromatic rings. The highest BCUT2D eigenvalue weighted by Gasteiger charge is 2.37. The minimum absolute atomic E-state index is 0.148. The summed E-state index contributed by atoms with van der Waals surface area (Å²) in [5.41, 5.74) is 2.69. The molecule has 5 nitrogen and oxygen atoms in total. The normalized spacial score (nSPS) is 15.8. The lowest BCUT2D eigenvalue weighted by atomic mass is 10.1. The zero-order valence-corrected chi connectivity index (χ0v) is 18.2. The van der Waals surface area contributed by atoms with E-state index in [-0.39, 0.29) is 6.61 Å². The molecule has 0 spiro atoms. The highest BCUT2D eigenvalue weighted by molar-refractivity contribution is 9.10. The second-order valence-electron chi connectivity index (χ2n) is 7.00. The predicted octanol–water partition coefficient (Wildman–Crippen LogP) is 5.76. The van der Waals surface area contributed by atoms with Gasteiger partial charge in [0.25, 0.3) is 5.91 Å². The first-order valence-electron chi connectivity index (χ1n) is 9.81. The van der Waals surface area contributed by atoms with Gasteiger partial charge in [0.15, 0.2) is 0 Å². The smallest absolute Gasteiger partial charge is 0.417 e. The van der Waals surface area contributed by atoms with E-state index in [0.29, 0.717) is 12.4 Å². The summed E-state index contributed by atoms with van der Waals surface area (Å²) in [6, 6.07) is 24.4. The Hall–Kier alpha value is -3.38. The molecule has 0 aromatic heterocycles. The highest BCUT2D eigenvalue weighted by atomic mass is 79.9. The molecule has 1 saturated heterocycles. The maximum absolute atomic E-state index is 12.8. The number of amides is 2. The van der Waals surface area contributed by atoms with Crippen molar-refractivity contribution in [3.8, 4) is 5.75 Å². The van der Waals surface area contributed by atoms with Crippen molar-refractivity contribution >= 4 is 34.0 Å². The number of benzene rings is 3. The summed E-state index contributed by atoms with van der Waals surface area (Å²) in [6.07, 6.45) is 2.40. The zero-order valence-electron chi connectivity index (χ0n) is 16.6. The molecule has 1 aliphatic heterocycles. The van der Waals surface area contributed by atoms with E-state index in [9.17, 15) is 9.59 Å². The number of hydrogen-bond acceptors (Lipinski definition) is 4. The van der Waals surface area contributed by atoms with Crippen molar-refractivity contribution in [1.82, 2.24) is 4.90 Å². The van der Waals surface area contributed by atoms with Gasteiger partial charge in [0.05, 0.1) is 0 Å². The monoisotopic (exact) mass is 477 g/mol. The number of ether oxygens (including phenoxy) is 2. The maximum atomic E-state index is 12.8. The zero-order chi connectivity index (χ0) is 21.6. The average molecular weight is 478 g/mol. The summed E-state index contributed by atoms with van der Waals surface area (Å²) < 4.78 is 11.8. The van der Waals surface area contributed by atoms with Crippen molar-refractivity contribution in [3.63, 3.8) is 0 Å². The van der Waals surface area contributed by atoms with Gasteiger partial charge in [-0.15, -0.1) is 0 Å². The fraction of sp³-hybridized carbons (Fsp3) is 0.120. The lowest BCUT2D eigenvalue weighted by Gasteiger charge is -2.18. The van der Waals surface area contributed by atoms with Crippen LogP contribution in [0.5, 0.6) is 5.75 Å². The van der Waals surface area contributed by atoms with Gasteiger partial charge in [-0.25, -0.2) is 9.69 Å². The van der Waals surface area contributed by atoms with Gasteiger partial charge in [-0.1, -0.05) is 76.6 Å². The molecule has 3 aromatic carbocycles. The standard InChI is InChI=1S/C25H20BrNO4/c26-22-13-12-21(30-16-18-7-3-1-4-8-18)15-20(22)11-14-24(28)27-23(17-31-25(27)29)19-9-5-2-6-10-19/h1-15,23H,16-17H2/b14-11+/t23-/m0/s1. The molecule has 0 saturated carbocycles. The maximum Gasteiger partial charge on any atom is 0.417 e. The van der Waals surface area contributed by atoms with Gasteiger partial charge in [-0.3, -0.25) is 4.79 Å². The van der Waals surface area contributed by atoms with Crippen LogP contribution < -0.4 is 4.74 Å². The summed E-state index contributed by atoms with van der Waals surface area (Å²) in [5, 5.41) is 0. The van der Waals surface area contributed by atoms with Gasteiger partial charge in [-0.05, 0) is 41.0 Å². The number of imide groups is 1. The number of carbonyl (C=O) groups is 2. The van der Waals surface area contributed by atoms with Gasteiger partial charge < -0.3 is 9.47 Å². The molecule has 0 bridgehead atoms. The highest BCUT2D eigenvalue weighted by Crippen LogP contribution is 2.29. The molecule has 2 amide bonds. The van der Waals surface area contributed by atoms with Crippen LogP contribution in [0, 0.1) is 0 Å². The van der Waals surface area contributed by atoms with Crippen molar-refractivity contribution in [2.75, 3.05) is 6.61 Å². The van der Waals surface area contributed by atoms with Crippen LogP contribution in [0.15, 0.2) is 89.4 Å². The number of halogens is 1.